The highest BCUT2D eigenvalue weighted by atomic mass is 32.1. The van der Waals surface area contributed by atoms with Crippen molar-refractivity contribution in [3.8, 4) is 10.8 Å². The Morgan fingerprint density at radius 2 is 2.13 bits per heavy atom. The van der Waals surface area contributed by atoms with E-state index in [0.717, 1.165) is 21.0 Å². The fraction of sp³-hybridized carbons (Fsp3) is 0.188. The number of thiazole rings is 1. The second kappa shape index (κ2) is 6.89. The van der Waals surface area contributed by atoms with E-state index in [2.05, 4.69) is 20.8 Å². The van der Waals surface area contributed by atoms with E-state index in [1.54, 1.807) is 17.6 Å². The highest BCUT2D eigenvalue weighted by Gasteiger charge is 2.09. The van der Waals surface area contributed by atoms with E-state index >= 15 is 0 Å². The maximum atomic E-state index is 5.76. The maximum Gasteiger partial charge on any atom is 0.187 e. The molecule has 0 bridgehead atoms. The lowest BCUT2D eigenvalue weighted by atomic mass is 10.3. The number of nitrogens with zero attached hydrogens (tertiary/aromatic N) is 2. The Morgan fingerprint density at radius 3 is 2.91 bits per heavy atom. The summed E-state index contributed by atoms with van der Waals surface area (Å²) in [5.74, 6) is 1.37. The zero-order chi connectivity index (χ0) is 16.2. The molecule has 0 saturated heterocycles. The van der Waals surface area contributed by atoms with Crippen molar-refractivity contribution in [2.75, 3.05) is 0 Å². The Balaban J connectivity index is 1.69. The third-order valence-electron chi connectivity index (χ3n) is 2.91. The van der Waals surface area contributed by atoms with Crippen molar-refractivity contribution in [1.82, 2.24) is 15.7 Å². The van der Waals surface area contributed by atoms with Crippen LogP contribution in [0.3, 0.4) is 0 Å². The maximum absolute atomic E-state index is 5.76. The molecular weight excluding hydrogens is 328 g/mol. The van der Waals surface area contributed by atoms with Crippen LogP contribution in [-0.2, 0) is 0 Å². The molecular formula is C16H16N4OS2. The number of hydrogen-bond donors (Lipinski definition) is 2. The zero-order valence-corrected chi connectivity index (χ0v) is 14.4. The standard InChI is InChI=1S/C16H16N4OS2/c1-10(2)18-16(22)20-17-9-11-7-8-13(21-11)15-19-12-5-3-4-6-14(12)23-15/h3-10H,1-2H3,(H2,18,20,22)/b17-9-. The zero-order valence-electron chi connectivity index (χ0n) is 12.7. The number of benzene rings is 1. The fourth-order valence-electron chi connectivity index (χ4n) is 1.96. The van der Waals surface area contributed by atoms with E-state index in [4.69, 9.17) is 16.6 Å². The molecule has 2 heterocycles. The lowest BCUT2D eigenvalue weighted by Gasteiger charge is -2.08. The summed E-state index contributed by atoms with van der Waals surface area (Å²) in [5, 5.41) is 8.44. The number of aromatic nitrogens is 1. The van der Waals surface area contributed by atoms with Crippen LogP contribution in [0.4, 0.5) is 0 Å². The van der Waals surface area contributed by atoms with Gasteiger partial charge in [-0.2, -0.15) is 5.10 Å². The van der Waals surface area contributed by atoms with Gasteiger partial charge in [-0.25, -0.2) is 4.98 Å². The first kappa shape index (κ1) is 15.6. The topological polar surface area (TPSA) is 62.5 Å². The van der Waals surface area contributed by atoms with Gasteiger partial charge in [-0.3, -0.25) is 5.43 Å². The molecule has 1 aromatic carbocycles. The molecule has 3 aromatic rings. The third-order valence-corrected chi connectivity index (χ3v) is 4.17. The number of nitrogens with one attached hydrogen (secondary N) is 2. The van der Waals surface area contributed by atoms with Crippen molar-refractivity contribution >= 4 is 45.1 Å². The second-order valence-corrected chi connectivity index (χ2v) is 6.63. The van der Waals surface area contributed by atoms with E-state index in [0.29, 0.717) is 10.9 Å². The first-order chi connectivity index (χ1) is 11.1. The van der Waals surface area contributed by atoms with Crippen LogP contribution >= 0.6 is 23.6 Å². The normalized spacial score (nSPS) is 11.4. The van der Waals surface area contributed by atoms with Crippen LogP contribution in [0.5, 0.6) is 0 Å². The van der Waals surface area contributed by atoms with Crippen LogP contribution in [0, 0.1) is 0 Å². The highest BCUT2D eigenvalue weighted by molar-refractivity contribution is 7.80. The molecule has 0 atom stereocenters. The molecule has 0 aliphatic carbocycles. The number of para-hydroxylation sites is 1. The quantitative estimate of drug-likeness (QED) is 0.429. The average Bonchev–Trinajstić information content (AvgIpc) is 3.12. The van der Waals surface area contributed by atoms with Gasteiger partial charge in [0.25, 0.3) is 0 Å². The number of hydrogen-bond acceptors (Lipinski definition) is 5. The molecule has 0 amide bonds. The highest BCUT2D eigenvalue weighted by Crippen LogP contribution is 2.30. The number of hydrazone groups is 1. The third kappa shape index (κ3) is 3.94. The van der Waals surface area contributed by atoms with Gasteiger partial charge in [-0.05, 0) is 50.3 Å². The lowest BCUT2D eigenvalue weighted by molar-refractivity contribution is 0.574. The molecule has 0 fully saturated rings. The summed E-state index contributed by atoms with van der Waals surface area (Å²) in [6.07, 6.45) is 1.59. The molecule has 0 aliphatic rings. The molecule has 7 heteroatoms. The van der Waals surface area contributed by atoms with Crippen molar-refractivity contribution in [3.63, 3.8) is 0 Å². The van der Waals surface area contributed by atoms with E-state index in [-0.39, 0.29) is 6.04 Å². The number of rotatable bonds is 4. The Morgan fingerprint density at radius 1 is 1.30 bits per heavy atom. The van der Waals surface area contributed by atoms with E-state index in [1.165, 1.54) is 0 Å². The first-order valence-electron chi connectivity index (χ1n) is 7.17. The average molecular weight is 344 g/mol. The first-order valence-corrected chi connectivity index (χ1v) is 8.39. The van der Waals surface area contributed by atoms with Gasteiger partial charge >= 0.3 is 0 Å². The van der Waals surface area contributed by atoms with Crippen LogP contribution in [0.25, 0.3) is 21.0 Å². The molecule has 5 nitrogen and oxygen atoms in total. The van der Waals surface area contributed by atoms with Crippen LogP contribution in [0.15, 0.2) is 45.9 Å². The molecule has 0 unspecified atom stereocenters. The summed E-state index contributed by atoms with van der Waals surface area (Å²) in [7, 11) is 0. The van der Waals surface area contributed by atoms with Crippen LogP contribution < -0.4 is 10.7 Å². The van der Waals surface area contributed by atoms with Crippen molar-refractivity contribution in [2.45, 2.75) is 19.9 Å². The molecule has 23 heavy (non-hydrogen) atoms. The van der Waals surface area contributed by atoms with Gasteiger partial charge in [-0.1, -0.05) is 12.1 Å². The minimum Gasteiger partial charge on any atom is -0.453 e. The molecule has 3 rings (SSSR count). The van der Waals surface area contributed by atoms with Crippen molar-refractivity contribution in [3.05, 3.63) is 42.2 Å². The minimum absolute atomic E-state index is 0.263. The van der Waals surface area contributed by atoms with Gasteiger partial charge in [0.2, 0.25) is 0 Å². The predicted octanol–water partition coefficient (Wildman–Crippen LogP) is 3.76. The number of thiocarbonyl (C=S) groups is 1. The SMILES string of the molecule is CC(C)NC(=S)N/N=C\c1ccc(-c2nc3ccccc3s2)o1. The largest absolute Gasteiger partial charge is 0.453 e. The molecule has 2 N–H and O–H groups in total. The minimum atomic E-state index is 0.263. The Hall–Kier alpha value is -2.25. The number of furan rings is 1. The van der Waals surface area contributed by atoms with Crippen LogP contribution in [0.2, 0.25) is 0 Å². The van der Waals surface area contributed by atoms with E-state index < -0.39 is 0 Å². The fourth-order valence-corrected chi connectivity index (χ4v) is 3.18. The van der Waals surface area contributed by atoms with Crippen molar-refractivity contribution in [2.24, 2.45) is 5.10 Å². The summed E-state index contributed by atoms with van der Waals surface area (Å²) >= 11 is 6.69. The molecule has 118 valence electrons. The van der Waals surface area contributed by atoms with Crippen LogP contribution in [-0.4, -0.2) is 22.4 Å². The van der Waals surface area contributed by atoms with Crippen LogP contribution in [0.1, 0.15) is 19.6 Å². The molecule has 0 saturated carbocycles. The van der Waals surface area contributed by atoms with E-state index in [9.17, 15) is 0 Å². The second-order valence-electron chi connectivity index (χ2n) is 5.19. The van der Waals surface area contributed by atoms with Gasteiger partial charge in [0, 0.05) is 6.04 Å². The van der Waals surface area contributed by atoms with Gasteiger partial charge in [0.05, 0.1) is 16.4 Å². The predicted molar refractivity (Wildman–Crippen MR) is 98.9 cm³/mol. The molecule has 0 spiro atoms. The Kier molecular flexibility index (Phi) is 4.68. The summed E-state index contributed by atoms with van der Waals surface area (Å²) in [6, 6.07) is 12.0. The van der Waals surface area contributed by atoms with Gasteiger partial charge in [0.1, 0.15) is 5.76 Å². The van der Waals surface area contributed by atoms with Gasteiger partial charge in [0.15, 0.2) is 15.9 Å². The molecule has 2 aromatic heterocycles. The van der Waals surface area contributed by atoms with Crippen molar-refractivity contribution in [1.29, 1.82) is 0 Å². The number of fused-ring (bicyclic) bond motifs is 1. The Bertz CT molecular complexity index is 818. The van der Waals surface area contributed by atoms with Gasteiger partial charge < -0.3 is 9.73 Å². The van der Waals surface area contributed by atoms with Crippen molar-refractivity contribution < 1.29 is 4.42 Å². The van der Waals surface area contributed by atoms with Gasteiger partial charge in [-0.15, -0.1) is 11.3 Å². The summed E-state index contributed by atoms with van der Waals surface area (Å²) < 4.78 is 6.90. The summed E-state index contributed by atoms with van der Waals surface area (Å²) in [6.45, 7) is 4.02. The summed E-state index contributed by atoms with van der Waals surface area (Å²) in [5.41, 5.74) is 3.73. The molecule has 0 radical (unpaired) electrons. The monoisotopic (exact) mass is 344 g/mol. The Labute approximate surface area is 143 Å². The smallest absolute Gasteiger partial charge is 0.187 e. The summed E-state index contributed by atoms with van der Waals surface area (Å²) in [4.78, 5) is 4.57. The lowest BCUT2D eigenvalue weighted by Crippen LogP contribution is -2.36. The van der Waals surface area contributed by atoms with E-state index in [1.807, 2.05) is 50.2 Å². The molecule has 0 aliphatic heterocycles.